The van der Waals surface area contributed by atoms with Crippen LogP contribution in [0.4, 0.5) is 11.4 Å². The SMILES string of the molecule is N#Cc1ccc(OC2CCC(Nc3ccc(C(=O)N4CCN(C5CN(c6ccc7c(c6)C(=O)N(C6CCC(=O)NC6=O)C7=O)C5)CC4)cc3)CC2)cc1Cl. The van der Waals surface area contributed by atoms with Crippen molar-refractivity contribution in [1.29, 1.82) is 5.26 Å². The topological polar surface area (TPSA) is 155 Å². The number of ether oxygens (including phenoxy) is 1. The van der Waals surface area contributed by atoms with Gasteiger partial charge in [-0.25, -0.2) is 0 Å². The number of nitrogens with one attached hydrogen (secondary N) is 2. The van der Waals surface area contributed by atoms with Gasteiger partial charge in [-0.05, 0) is 86.7 Å². The van der Waals surface area contributed by atoms with Gasteiger partial charge >= 0.3 is 0 Å². The summed E-state index contributed by atoms with van der Waals surface area (Å²) in [4.78, 5) is 71.1. The fraction of sp³-hybridized carbons (Fsp3) is 0.400. The molecule has 8 rings (SSSR count). The third-order valence-electron chi connectivity index (χ3n) is 11.3. The Morgan fingerprint density at radius 3 is 2.26 bits per heavy atom. The average Bonchev–Trinajstić information content (AvgIpc) is 3.40. The van der Waals surface area contributed by atoms with Crippen LogP contribution in [0.15, 0.2) is 60.7 Å². The van der Waals surface area contributed by atoms with E-state index in [2.05, 4.69) is 26.5 Å². The van der Waals surface area contributed by atoms with Gasteiger partial charge < -0.3 is 19.9 Å². The maximum Gasteiger partial charge on any atom is 0.262 e. The van der Waals surface area contributed by atoms with Gasteiger partial charge in [-0.3, -0.25) is 39.1 Å². The van der Waals surface area contributed by atoms with Gasteiger partial charge in [0.05, 0.1) is 27.8 Å². The highest BCUT2D eigenvalue weighted by atomic mass is 35.5. The molecule has 1 saturated carbocycles. The summed E-state index contributed by atoms with van der Waals surface area (Å²) in [6.07, 6.45) is 4.02. The summed E-state index contributed by atoms with van der Waals surface area (Å²) in [6.45, 7) is 4.35. The number of benzene rings is 3. The quantitative estimate of drug-likeness (QED) is 0.322. The summed E-state index contributed by atoms with van der Waals surface area (Å²) < 4.78 is 6.12. The lowest BCUT2D eigenvalue weighted by Crippen LogP contribution is -2.63. The normalized spacial score (nSPS) is 23.4. The number of nitrogens with zero attached hydrogens (tertiary/aromatic N) is 5. The van der Waals surface area contributed by atoms with Gasteiger partial charge in [0.15, 0.2) is 0 Å². The van der Waals surface area contributed by atoms with E-state index in [4.69, 9.17) is 21.6 Å². The number of rotatable bonds is 8. The van der Waals surface area contributed by atoms with Gasteiger partial charge in [-0.2, -0.15) is 5.26 Å². The Hall–Kier alpha value is -5.45. The minimum absolute atomic E-state index is 0.0284. The first-order valence-corrected chi connectivity index (χ1v) is 18.9. The summed E-state index contributed by atoms with van der Waals surface area (Å²) in [5.74, 6) is -1.33. The minimum atomic E-state index is -0.985. The zero-order chi connectivity index (χ0) is 37.5. The van der Waals surface area contributed by atoms with E-state index < -0.39 is 29.7 Å². The second-order valence-electron chi connectivity index (χ2n) is 14.6. The van der Waals surface area contributed by atoms with Gasteiger partial charge in [0.25, 0.3) is 17.7 Å². The molecular weight excluding hydrogens is 710 g/mol. The van der Waals surface area contributed by atoms with Crippen molar-refractivity contribution in [2.24, 2.45) is 0 Å². The standard InChI is InChI=1S/C40H40ClN7O6/c41-34-20-31(9-3-25(34)21-42)54-30-10-6-27(7-11-30)43-26-4-1-24(2-5-26)38(51)46-17-15-45(16-18-46)29-22-47(23-29)28-8-12-32-33(19-28)40(53)48(39(32)52)35-13-14-36(49)44-37(35)50/h1-5,8-9,12,19-20,27,29-30,35,43H,6-7,10-11,13-18,22-23H2,(H,44,49,50). The van der Waals surface area contributed by atoms with Crippen molar-refractivity contribution in [3.8, 4) is 11.8 Å². The zero-order valence-corrected chi connectivity index (χ0v) is 30.4. The number of nitriles is 1. The number of halogens is 1. The number of piperidine rings is 1. The van der Waals surface area contributed by atoms with Crippen LogP contribution in [0.1, 0.15) is 75.2 Å². The van der Waals surface area contributed by atoms with Crippen LogP contribution < -0.4 is 20.3 Å². The molecule has 0 bridgehead atoms. The molecule has 5 amide bonds. The van der Waals surface area contributed by atoms with Crippen LogP contribution in [0, 0.1) is 11.3 Å². The highest BCUT2D eigenvalue weighted by Crippen LogP contribution is 2.33. The number of anilines is 2. The number of imide groups is 2. The molecule has 4 fully saturated rings. The van der Waals surface area contributed by atoms with Gasteiger partial charge in [0, 0.05) is 80.8 Å². The molecule has 2 N–H and O–H groups in total. The number of carbonyl (C=O) groups excluding carboxylic acids is 5. The predicted octanol–water partition coefficient (Wildman–Crippen LogP) is 4.06. The molecule has 1 unspecified atom stereocenters. The molecule has 3 aromatic rings. The summed E-state index contributed by atoms with van der Waals surface area (Å²) >= 11 is 6.16. The molecule has 0 spiro atoms. The van der Waals surface area contributed by atoms with Crippen molar-refractivity contribution in [2.45, 2.75) is 62.8 Å². The summed E-state index contributed by atoms with van der Waals surface area (Å²) in [5, 5.41) is 15.3. The Labute approximate surface area is 317 Å². The van der Waals surface area contributed by atoms with E-state index in [0.29, 0.717) is 47.1 Å². The number of carbonyl (C=O) groups is 5. The number of amides is 5. The van der Waals surface area contributed by atoms with Crippen molar-refractivity contribution in [2.75, 3.05) is 49.5 Å². The number of fused-ring (bicyclic) bond motifs is 1. The molecule has 5 aliphatic rings. The fourth-order valence-corrected chi connectivity index (χ4v) is 8.36. The second-order valence-corrected chi connectivity index (χ2v) is 15.0. The first-order chi connectivity index (χ1) is 26.1. The Morgan fingerprint density at radius 2 is 1.57 bits per heavy atom. The molecule has 1 aliphatic carbocycles. The van der Waals surface area contributed by atoms with E-state index in [1.54, 1.807) is 30.3 Å². The van der Waals surface area contributed by atoms with Gasteiger partial charge in [-0.15, -0.1) is 0 Å². The molecule has 3 saturated heterocycles. The predicted molar refractivity (Wildman–Crippen MR) is 199 cm³/mol. The van der Waals surface area contributed by atoms with E-state index in [-0.39, 0.29) is 36.0 Å². The smallest absolute Gasteiger partial charge is 0.262 e. The molecule has 54 heavy (non-hydrogen) atoms. The van der Waals surface area contributed by atoms with Crippen LogP contribution in [-0.2, 0) is 9.59 Å². The van der Waals surface area contributed by atoms with Crippen LogP contribution in [-0.4, -0.2) is 108 Å². The maximum atomic E-state index is 13.4. The summed E-state index contributed by atoms with van der Waals surface area (Å²) in [7, 11) is 0. The number of hydrogen-bond acceptors (Lipinski definition) is 10. The fourth-order valence-electron chi connectivity index (χ4n) is 8.15. The van der Waals surface area contributed by atoms with Gasteiger partial charge in [0.1, 0.15) is 17.9 Å². The van der Waals surface area contributed by atoms with E-state index in [9.17, 15) is 24.0 Å². The van der Waals surface area contributed by atoms with Crippen LogP contribution in [0.3, 0.4) is 0 Å². The Balaban J connectivity index is 0.774. The molecule has 278 valence electrons. The van der Waals surface area contributed by atoms with Crippen LogP contribution in [0.2, 0.25) is 5.02 Å². The summed E-state index contributed by atoms with van der Waals surface area (Å²) in [6, 6.07) is 19.8. The van der Waals surface area contributed by atoms with Crippen molar-refractivity contribution in [1.82, 2.24) is 20.0 Å². The van der Waals surface area contributed by atoms with Crippen molar-refractivity contribution in [3.63, 3.8) is 0 Å². The van der Waals surface area contributed by atoms with Gasteiger partial charge in [-0.1, -0.05) is 11.6 Å². The molecule has 0 radical (unpaired) electrons. The number of piperazine rings is 1. The Bertz CT molecular complexity index is 2050. The molecule has 0 aromatic heterocycles. The molecule has 4 heterocycles. The lowest BCUT2D eigenvalue weighted by molar-refractivity contribution is -0.136. The lowest BCUT2D eigenvalue weighted by atomic mass is 9.92. The molecule has 4 aliphatic heterocycles. The average molecular weight is 750 g/mol. The highest BCUT2D eigenvalue weighted by Gasteiger charge is 2.45. The molecule has 1 atom stereocenters. The molecule has 3 aromatic carbocycles. The first-order valence-electron chi connectivity index (χ1n) is 18.5. The lowest BCUT2D eigenvalue weighted by Gasteiger charge is -2.49. The van der Waals surface area contributed by atoms with Crippen molar-refractivity contribution in [3.05, 3.63) is 87.9 Å². The highest BCUT2D eigenvalue weighted by molar-refractivity contribution is 6.31. The van der Waals surface area contributed by atoms with Crippen molar-refractivity contribution < 1.29 is 28.7 Å². The molecule has 14 heteroatoms. The van der Waals surface area contributed by atoms with Crippen LogP contribution >= 0.6 is 11.6 Å². The zero-order valence-electron chi connectivity index (χ0n) is 29.6. The van der Waals surface area contributed by atoms with E-state index in [0.717, 1.165) is 68.1 Å². The van der Waals surface area contributed by atoms with Crippen LogP contribution in [0.5, 0.6) is 5.75 Å². The molecule has 13 nitrogen and oxygen atoms in total. The van der Waals surface area contributed by atoms with Gasteiger partial charge in [0.2, 0.25) is 11.8 Å². The second kappa shape index (κ2) is 14.8. The third-order valence-corrected chi connectivity index (χ3v) is 11.6. The Kier molecular flexibility index (Phi) is 9.72. The van der Waals surface area contributed by atoms with E-state index in [1.807, 2.05) is 35.2 Å². The first kappa shape index (κ1) is 35.6. The largest absolute Gasteiger partial charge is 0.490 e. The Morgan fingerprint density at radius 1 is 0.852 bits per heavy atom. The minimum Gasteiger partial charge on any atom is -0.490 e. The van der Waals surface area contributed by atoms with Crippen molar-refractivity contribution >= 4 is 52.5 Å². The maximum absolute atomic E-state index is 13.4. The third kappa shape index (κ3) is 6.99. The summed E-state index contributed by atoms with van der Waals surface area (Å²) in [5.41, 5.74) is 3.49. The number of hydrogen-bond donors (Lipinski definition) is 2. The van der Waals surface area contributed by atoms with E-state index in [1.165, 1.54) is 0 Å². The van der Waals surface area contributed by atoms with E-state index >= 15 is 0 Å². The molecular formula is C40H40ClN7O6. The van der Waals surface area contributed by atoms with Crippen LogP contribution in [0.25, 0.3) is 0 Å². The monoisotopic (exact) mass is 749 g/mol.